The molecule has 0 bridgehead atoms. The van der Waals surface area contributed by atoms with Gasteiger partial charge in [-0.2, -0.15) is 0 Å². The van der Waals surface area contributed by atoms with Crippen LogP contribution in [0.1, 0.15) is 46.0 Å². The van der Waals surface area contributed by atoms with Crippen molar-refractivity contribution in [3.8, 4) is 0 Å². The smallest absolute Gasteiger partial charge is 0.221 e. The first-order valence-electron chi connectivity index (χ1n) is 6.08. The van der Waals surface area contributed by atoms with Gasteiger partial charge in [0.1, 0.15) is 0 Å². The molecule has 1 atom stereocenters. The molecule has 0 spiro atoms. The lowest BCUT2D eigenvalue weighted by molar-refractivity contribution is -0.121. The molecule has 1 aliphatic rings. The molecule has 0 saturated heterocycles. The predicted octanol–water partition coefficient (Wildman–Crippen LogP) is 1.68. The van der Waals surface area contributed by atoms with Gasteiger partial charge in [0.25, 0.3) is 0 Å². The van der Waals surface area contributed by atoms with Gasteiger partial charge in [-0.05, 0) is 38.5 Å². The Morgan fingerprint density at radius 2 is 1.93 bits per heavy atom. The Kier molecular flexibility index (Phi) is 5.09. The van der Waals surface area contributed by atoms with Crippen LogP contribution in [0, 0.1) is 5.92 Å². The van der Waals surface area contributed by atoms with Gasteiger partial charge in [0, 0.05) is 25.6 Å². The fraction of sp³-hybridized carbons (Fsp3) is 0.917. The van der Waals surface area contributed by atoms with Crippen LogP contribution in [0.25, 0.3) is 0 Å². The van der Waals surface area contributed by atoms with E-state index in [0.29, 0.717) is 18.5 Å². The predicted molar refractivity (Wildman–Crippen MR) is 62.7 cm³/mol. The monoisotopic (exact) mass is 212 g/mol. The van der Waals surface area contributed by atoms with Gasteiger partial charge in [-0.1, -0.05) is 6.92 Å². The first-order valence-corrected chi connectivity index (χ1v) is 6.08. The van der Waals surface area contributed by atoms with E-state index in [0.717, 1.165) is 5.92 Å². The van der Waals surface area contributed by atoms with Crippen LogP contribution in [0.15, 0.2) is 0 Å². The molecule has 2 N–H and O–H groups in total. The van der Waals surface area contributed by atoms with Crippen LogP contribution in [0.3, 0.4) is 0 Å². The third-order valence-corrected chi connectivity index (χ3v) is 3.31. The highest BCUT2D eigenvalue weighted by molar-refractivity contribution is 5.76. The van der Waals surface area contributed by atoms with E-state index in [-0.39, 0.29) is 5.91 Å². The minimum Gasteiger partial charge on any atom is -0.359 e. The van der Waals surface area contributed by atoms with E-state index in [1.165, 1.54) is 25.7 Å². The van der Waals surface area contributed by atoms with Gasteiger partial charge in [0.2, 0.25) is 5.91 Å². The van der Waals surface area contributed by atoms with Crippen molar-refractivity contribution < 1.29 is 4.79 Å². The van der Waals surface area contributed by atoms with Crippen molar-refractivity contribution in [2.24, 2.45) is 5.92 Å². The summed E-state index contributed by atoms with van der Waals surface area (Å²) < 4.78 is 0. The average molecular weight is 212 g/mol. The summed E-state index contributed by atoms with van der Waals surface area (Å²) >= 11 is 0. The number of nitrogens with one attached hydrogen (secondary N) is 2. The molecule has 1 aliphatic carbocycles. The summed E-state index contributed by atoms with van der Waals surface area (Å²) in [5.74, 6) is 1.01. The molecule has 1 saturated carbocycles. The number of hydrogen-bond acceptors (Lipinski definition) is 2. The first-order chi connectivity index (χ1) is 7.11. The molecular formula is C12H24N2O. The molecule has 88 valence electrons. The molecule has 0 aliphatic heterocycles. The van der Waals surface area contributed by atoms with Crippen LogP contribution < -0.4 is 10.6 Å². The van der Waals surface area contributed by atoms with Crippen molar-refractivity contribution in [3.63, 3.8) is 0 Å². The van der Waals surface area contributed by atoms with Crippen LogP contribution in [0.4, 0.5) is 0 Å². The fourth-order valence-electron chi connectivity index (χ4n) is 2.27. The molecule has 15 heavy (non-hydrogen) atoms. The van der Waals surface area contributed by atoms with Gasteiger partial charge in [-0.15, -0.1) is 0 Å². The number of carbonyl (C=O) groups is 1. The van der Waals surface area contributed by atoms with Gasteiger partial charge in [0.05, 0.1) is 0 Å². The van der Waals surface area contributed by atoms with Crippen molar-refractivity contribution in [3.05, 3.63) is 0 Å². The molecule has 0 aromatic rings. The Morgan fingerprint density at radius 3 is 2.47 bits per heavy atom. The summed E-state index contributed by atoms with van der Waals surface area (Å²) in [5, 5.41) is 6.20. The number of carbonyl (C=O) groups excluding carboxylic acids is 1. The van der Waals surface area contributed by atoms with Crippen LogP contribution in [0.2, 0.25) is 0 Å². The highest BCUT2D eigenvalue weighted by atomic mass is 16.1. The van der Waals surface area contributed by atoms with E-state index in [1.54, 1.807) is 7.05 Å². The van der Waals surface area contributed by atoms with Crippen molar-refractivity contribution >= 4 is 5.91 Å². The van der Waals surface area contributed by atoms with Crippen LogP contribution in [-0.4, -0.2) is 25.0 Å². The summed E-state index contributed by atoms with van der Waals surface area (Å²) in [6.45, 7) is 4.41. The van der Waals surface area contributed by atoms with Gasteiger partial charge >= 0.3 is 0 Å². The number of amides is 1. The summed E-state index contributed by atoms with van der Waals surface area (Å²) in [6.07, 6.45) is 5.76. The van der Waals surface area contributed by atoms with E-state index >= 15 is 0 Å². The van der Waals surface area contributed by atoms with Gasteiger partial charge < -0.3 is 10.6 Å². The Labute approximate surface area is 93.0 Å². The van der Waals surface area contributed by atoms with E-state index in [4.69, 9.17) is 0 Å². The largest absolute Gasteiger partial charge is 0.359 e. The van der Waals surface area contributed by atoms with Crippen molar-refractivity contribution in [1.82, 2.24) is 10.6 Å². The molecule has 0 aromatic carbocycles. The molecule has 0 radical (unpaired) electrons. The molecule has 3 heteroatoms. The lowest BCUT2D eigenvalue weighted by atomic mass is 9.87. The zero-order valence-electron chi connectivity index (χ0n) is 10.2. The van der Waals surface area contributed by atoms with Gasteiger partial charge in [-0.3, -0.25) is 4.79 Å². The topological polar surface area (TPSA) is 41.1 Å². The molecule has 1 fully saturated rings. The maximum Gasteiger partial charge on any atom is 0.221 e. The second-order valence-electron chi connectivity index (χ2n) is 4.90. The highest BCUT2D eigenvalue weighted by Crippen LogP contribution is 2.23. The molecule has 0 aromatic heterocycles. The summed E-state index contributed by atoms with van der Waals surface area (Å²) in [7, 11) is 1.69. The van der Waals surface area contributed by atoms with Crippen LogP contribution >= 0.6 is 0 Å². The highest BCUT2D eigenvalue weighted by Gasteiger charge is 2.19. The third-order valence-electron chi connectivity index (χ3n) is 3.31. The summed E-state index contributed by atoms with van der Waals surface area (Å²) in [5.41, 5.74) is 0. The van der Waals surface area contributed by atoms with Gasteiger partial charge in [-0.25, -0.2) is 0 Å². The van der Waals surface area contributed by atoms with E-state index in [9.17, 15) is 4.79 Å². The van der Waals surface area contributed by atoms with Crippen molar-refractivity contribution in [1.29, 1.82) is 0 Å². The zero-order valence-corrected chi connectivity index (χ0v) is 10.2. The minimum absolute atomic E-state index is 0.124. The lowest BCUT2D eigenvalue weighted by Gasteiger charge is -2.29. The Hall–Kier alpha value is -0.570. The minimum atomic E-state index is 0.124. The normalized spacial score (nSPS) is 28.5. The Bertz CT molecular complexity index is 198. The van der Waals surface area contributed by atoms with E-state index in [2.05, 4.69) is 24.5 Å². The van der Waals surface area contributed by atoms with Crippen LogP contribution in [0.5, 0.6) is 0 Å². The first kappa shape index (κ1) is 12.5. The molecular weight excluding hydrogens is 188 g/mol. The summed E-state index contributed by atoms with van der Waals surface area (Å²) in [6, 6.07) is 0.921. The number of hydrogen-bond donors (Lipinski definition) is 2. The third kappa shape index (κ3) is 4.65. The van der Waals surface area contributed by atoms with Crippen molar-refractivity contribution in [2.45, 2.75) is 58.0 Å². The molecule has 0 heterocycles. The Balaban J connectivity index is 2.20. The van der Waals surface area contributed by atoms with E-state index < -0.39 is 0 Å². The second-order valence-corrected chi connectivity index (χ2v) is 4.90. The second kappa shape index (κ2) is 6.11. The van der Waals surface area contributed by atoms with Crippen molar-refractivity contribution in [2.75, 3.05) is 7.05 Å². The number of rotatable bonds is 4. The average Bonchev–Trinajstić information content (AvgIpc) is 2.21. The standard InChI is InChI=1S/C12H24N2O/c1-9-4-6-11(7-5-9)14-10(2)8-12(15)13-3/h9-11,14H,4-8H2,1-3H3,(H,13,15). The summed E-state index contributed by atoms with van der Waals surface area (Å²) in [4.78, 5) is 11.2. The quantitative estimate of drug-likeness (QED) is 0.744. The fourth-order valence-corrected chi connectivity index (χ4v) is 2.27. The van der Waals surface area contributed by atoms with E-state index in [1.807, 2.05) is 0 Å². The Morgan fingerprint density at radius 1 is 1.33 bits per heavy atom. The molecule has 1 amide bonds. The maximum absolute atomic E-state index is 11.2. The molecule has 3 nitrogen and oxygen atoms in total. The maximum atomic E-state index is 11.2. The molecule has 1 unspecified atom stereocenters. The SMILES string of the molecule is CNC(=O)CC(C)NC1CCC(C)CC1. The van der Waals surface area contributed by atoms with Crippen LogP contribution in [-0.2, 0) is 4.79 Å². The molecule has 1 rings (SSSR count). The zero-order chi connectivity index (χ0) is 11.3. The lowest BCUT2D eigenvalue weighted by Crippen LogP contribution is -2.41. The van der Waals surface area contributed by atoms with Gasteiger partial charge in [0.15, 0.2) is 0 Å².